The Kier molecular flexibility index (Phi) is 7.90. The largest absolute Gasteiger partial charge is 0.341 e. The second kappa shape index (κ2) is 9.20. The summed E-state index contributed by atoms with van der Waals surface area (Å²) in [6.45, 7) is 7.59. The van der Waals surface area contributed by atoms with Gasteiger partial charge in [0.15, 0.2) is 0 Å². The van der Waals surface area contributed by atoms with Crippen molar-refractivity contribution in [1.82, 2.24) is 9.80 Å². The predicted octanol–water partition coefficient (Wildman–Crippen LogP) is 2.38. The highest BCUT2D eigenvalue weighted by Gasteiger charge is 2.31. The molecular formula is C19H30ClN3O2. The number of carbonyl (C=O) groups excluding carboxylic acids is 2. The van der Waals surface area contributed by atoms with Crippen molar-refractivity contribution in [3.63, 3.8) is 0 Å². The van der Waals surface area contributed by atoms with Gasteiger partial charge in [-0.2, -0.15) is 0 Å². The molecule has 1 aromatic carbocycles. The number of hydrogen-bond donors (Lipinski definition) is 1. The molecule has 1 saturated heterocycles. The smallest absolute Gasteiger partial charge is 0.253 e. The molecule has 2 rings (SSSR count). The van der Waals surface area contributed by atoms with Crippen molar-refractivity contribution in [1.29, 1.82) is 0 Å². The zero-order valence-corrected chi connectivity index (χ0v) is 16.4. The number of aryl methyl sites for hydroxylation is 2. The summed E-state index contributed by atoms with van der Waals surface area (Å²) in [5, 5.41) is 0. The third-order valence-electron chi connectivity index (χ3n) is 4.88. The van der Waals surface area contributed by atoms with E-state index >= 15 is 0 Å². The summed E-state index contributed by atoms with van der Waals surface area (Å²) in [6, 6.07) is 5.91. The maximum absolute atomic E-state index is 12.8. The van der Waals surface area contributed by atoms with Crippen molar-refractivity contribution in [3.8, 4) is 0 Å². The van der Waals surface area contributed by atoms with Gasteiger partial charge in [-0.3, -0.25) is 9.59 Å². The molecule has 25 heavy (non-hydrogen) atoms. The second-order valence-electron chi connectivity index (χ2n) is 7.00. The van der Waals surface area contributed by atoms with Gasteiger partial charge < -0.3 is 15.5 Å². The minimum absolute atomic E-state index is 0. The van der Waals surface area contributed by atoms with Crippen LogP contribution in [0.5, 0.6) is 0 Å². The van der Waals surface area contributed by atoms with Gasteiger partial charge in [0, 0.05) is 38.3 Å². The number of amides is 2. The van der Waals surface area contributed by atoms with Crippen LogP contribution in [0.4, 0.5) is 0 Å². The lowest BCUT2D eigenvalue weighted by Gasteiger charge is -2.35. The molecule has 2 unspecified atom stereocenters. The summed E-state index contributed by atoms with van der Waals surface area (Å²) in [5.41, 5.74) is 8.54. The molecule has 1 heterocycles. The van der Waals surface area contributed by atoms with Crippen LogP contribution in [0.2, 0.25) is 0 Å². The van der Waals surface area contributed by atoms with E-state index in [9.17, 15) is 9.59 Å². The van der Waals surface area contributed by atoms with E-state index in [1.807, 2.05) is 37.8 Å². The van der Waals surface area contributed by atoms with Crippen molar-refractivity contribution in [2.45, 2.75) is 39.7 Å². The van der Waals surface area contributed by atoms with Crippen LogP contribution in [0.25, 0.3) is 0 Å². The average molecular weight is 368 g/mol. The minimum atomic E-state index is -0.132. The summed E-state index contributed by atoms with van der Waals surface area (Å²) in [4.78, 5) is 29.0. The van der Waals surface area contributed by atoms with E-state index < -0.39 is 0 Å². The normalized spacial score (nSPS) is 18.3. The van der Waals surface area contributed by atoms with E-state index in [0.717, 1.165) is 24.0 Å². The quantitative estimate of drug-likeness (QED) is 0.888. The van der Waals surface area contributed by atoms with Crippen LogP contribution in [0.15, 0.2) is 18.2 Å². The topological polar surface area (TPSA) is 66.6 Å². The van der Waals surface area contributed by atoms with Crippen molar-refractivity contribution in [2.75, 3.05) is 26.7 Å². The van der Waals surface area contributed by atoms with E-state index in [1.165, 1.54) is 0 Å². The summed E-state index contributed by atoms with van der Waals surface area (Å²) in [5.74, 6) is -0.0210. The molecule has 0 aromatic heterocycles. The SMILES string of the molecule is Cc1cc(C)cc(C(=O)N2CCCC(C(=O)N(C)C(C)CN)C2)c1.Cl. The van der Waals surface area contributed by atoms with Gasteiger partial charge in [0.05, 0.1) is 5.92 Å². The third kappa shape index (κ3) is 5.19. The molecule has 140 valence electrons. The Morgan fingerprint density at radius 1 is 1.28 bits per heavy atom. The van der Waals surface area contributed by atoms with Gasteiger partial charge in [-0.15, -0.1) is 12.4 Å². The predicted molar refractivity (Wildman–Crippen MR) is 103 cm³/mol. The molecule has 1 fully saturated rings. The summed E-state index contributed by atoms with van der Waals surface area (Å²) >= 11 is 0. The van der Waals surface area contributed by atoms with Crippen LogP contribution in [-0.4, -0.2) is 54.3 Å². The Labute approximate surface area is 157 Å². The number of piperidine rings is 1. The van der Waals surface area contributed by atoms with Crippen molar-refractivity contribution in [2.24, 2.45) is 11.7 Å². The molecule has 0 radical (unpaired) electrons. The Hall–Kier alpha value is -1.59. The fourth-order valence-electron chi connectivity index (χ4n) is 3.31. The number of halogens is 1. The molecule has 0 aliphatic carbocycles. The standard InChI is InChI=1S/C19H29N3O2.ClH/c1-13-8-14(2)10-17(9-13)19(24)22-7-5-6-16(12-22)18(23)21(4)15(3)11-20;/h8-10,15-16H,5-7,11-12,20H2,1-4H3;1H. The summed E-state index contributed by atoms with van der Waals surface area (Å²) < 4.78 is 0. The fraction of sp³-hybridized carbons (Fsp3) is 0.579. The molecule has 1 aliphatic rings. The van der Waals surface area contributed by atoms with E-state index in [0.29, 0.717) is 25.2 Å². The molecule has 0 saturated carbocycles. The first-order valence-electron chi connectivity index (χ1n) is 8.67. The number of rotatable bonds is 4. The first kappa shape index (κ1) is 21.5. The Morgan fingerprint density at radius 2 is 1.88 bits per heavy atom. The van der Waals surface area contributed by atoms with Gasteiger partial charge in [-0.25, -0.2) is 0 Å². The van der Waals surface area contributed by atoms with Gasteiger partial charge >= 0.3 is 0 Å². The molecular weight excluding hydrogens is 338 g/mol. The maximum atomic E-state index is 12.8. The summed E-state index contributed by atoms with van der Waals surface area (Å²) in [7, 11) is 1.80. The van der Waals surface area contributed by atoms with Crippen LogP contribution in [-0.2, 0) is 4.79 Å². The molecule has 2 atom stereocenters. The number of benzene rings is 1. The van der Waals surface area contributed by atoms with Gasteiger partial charge in [-0.05, 0) is 45.7 Å². The van der Waals surface area contributed by atoms with Crippen LogP contribution in [0.3, 0.4) is 0 Å². The molecule has 1 aromatic rings. The fourth-order valence-corrected chi connectivity index (χ4v) is 3.31. The number of hydrogen-bond acceptors (Lipinski definition) is 3. The van der Waals surface area contributed by atoms with E-state index in [2.05, 4.69) is 6.07 Å². The Bertz CT molecular complexity index is 600. The zero-order chi connectivity index (χ0) is 17.9. The number of likely N-dealkylation sites (tertiary alicyclic amines) is 1. The lowest BCUT2D eigenvalue weighted by molar-refractivity contribution is -0.137. The molecule has 1 aliphatic heterocycles. The molecule has 0 bridgehead atoms. The minimum Gasteiger partial charge on any atom is -0.341 e. The van der Waals surface area contributed by atoms with Crippen molar-refractivity contribution < 1.29 is 9.59 Å². The van der Waals surface area contributed by atoms with Gasteiger partial charge in [0.25, 0.3) is 5.91 Å². The monoisotopic (exact) mass is 367 g/mol. The second-order valence-corrected chi connectivity index (χ2v) is 7.00. The van der Waals surface area contributed by atoms with Gasteiger partial charge in [0.1, 0.15) is 0 Å². The van der Waals surface area contributed by atoms with Gasteiger partial charge in [-0.1, -0.05) is 17.2 Å². The highest BCUT2D eigenvalue weighted by molar-refractivity contribution is 5.95. The van der Waals surface area contributed by atoms with Gasteiger partial charge in [0.2, 0.25) is 5.91 Å². The molecule has 5 nitrogen and oxygen atoms in total. The average Bonchev–Trinajstić information content (AvgIpc) is 2.58. The van der Waals surface area contributed by atoms with Crippen LogP contribution >= 0.6 is 12.4 Å². The molecule has 2 N–H and O–H groups in total. The first-order chi connectivity index (χ1) is 11.3. The lowest BCUT2D eigenvalue weighted by Crippen LogP contribution is -2.49. The third-order valence-corrected chi connectivity index (χ3v) is 4.88. The number of nitrogens with two attached hydrogens (primary N) is 1. The Morgan fingerprint density at radius 3 is 2.44 bits per heavy atom. The van der Waals surface area contributed by atoms with Crippen molar-refractivity contribution >= 4 is 24.2 Å². The van der Waals surface area contributed by atoms with Crippen molar-refractivity contribution in [3.05, 3.63) is 34.9 Å². The molecule has 6 heteroatoms. The Balaban J connectivity index is 0.00000312. The highest BCUT2D eigenvalue weighted by atomic mass is 35.5. The van der Waals surface area contributed by atoms with Crippen LogP contribution in [0, 0.1) is 19.8 Å². The van der Waals surface area contributed by atoms with Crippen LogP contribution < -0.4 is 5.73 Å². The maximum Gasteiger partial charge on any atom is 0.253 e. The summed E-state index contributed by atoms with van der Waals surface area (Å²) in [6.07, 6.45) is 1.69. The first-order valence-corrected chi connectivity index (χ1v) is 8.67. The lowest BCUT2D eigenvalue weighted by atomic mass is 9.95. The van der Waals surface area contributed by atoms with E-state index in [1.54, 1.807) is 11.9 Å². The van der Waals surface area contributed by atoms with E-state index in [-0.39, 0.29) is 36.2 Å². The zero-order valence-electron chi connectivity index (χ0n) is 15.6. The van der Waals surface area contributed by atoms with Crippen LogP contribution in [0.1, 0.15) is 41.3 Å². The number of nitrogens with zero attached hydrogens (tertiary/aromatic N) is 2. The molecule has 2 amide bonds. The van der Waals surface area contributed by atoms with E-state index in [4.69, 9.17) is 5.73 Å². The number of carbonyl (C=O) groups is 2. The molecule has 0 spiro atoms. The number of likely N-dealkylation sites (N-methyl/N-ethyl adjacent to an activating group) is 1. The highest BCUT2D eigenvalue weighted by Crippen LogP contribution is 2.22.